The summed E-state index contributed by atoms with van der Waals surface area (Å²) in [4.78, 5) is 27.4. The van der Waals surface area contributed by atoms with Gasteiger partial charge in [0.1, 0.15) is 12.6 Å². The van der Waals surface area contributed by atoms with E-state index in [2.05, 4.69) is 5.32 Å². The number of anilines is 1. The molecule has 2 rings (SSSR count). The summed E-state index contributed by atoms with van der Waals surface area (Å²) >= 11 is 18.3. The van der Waals surface area contributed by atoms with Crippen LogP contribution in [0.25, 0.3) is 0 Å². The fourth-order valence-corrected chi connectivity index (χ4v) is 4.94. The van der Waals surface area contributed by atoms with E-state index in [9.17, 15) is 18.0 Å². The SMILES string of the molecule is CCC(C(=O)NC)N(Cc1cccc(C)c1)C(=O)CN(c1cc(Cl)c(Cl)cc1Cl)S(C)(=O)=O. The van der Waals surface area contributed by atoms with Crippen molar-refractivity contribution in [3.05, 3.63) is 62.6 Å². The summed E-state index contributed by atoms with van der Waals surface area (Å²) in [5.41, 5.74) is 1.82. The van der Waals surface area contributed by atoms with Crippen LogP contribution in [0.3, 0.4) is 0 Å². The summed E-state index contributed by atoms with van der Waals surface area (Å²) in [6, 6.07) is 9.33. The van der Waals surface area contributed by atoms with E-state index in [4.69, 9.17) is 34.8 Å². The van der Waals surface area contributed by atoms with Crippen LogP contribution in [-0.4, -0.2) is 51.0 Å². The van der Waals surface area contributed by atoms with E-state index in [0.29, 0.717) is 6.42 Å². The summed E-state index contributed by atoms with van der Waals surface area (Å²) in [5, 5.41) is 2.83. The monoisotopic (exact) mass is 533 g/mol. The molecule has 0 bridgehead atoms. The van der Waals surface area contributed by atoms with Gasteiger partial charge in [0.2, 0.25) is 21.8 Å². The molecule has 0 fully saturated rings. The van der Waals surface area contributed by atoms with Crippen molar-refractivity contribution in [3.8, 4) is 0 Å². The van der Waals surface area contributed by atoms with Gasteiger partial charge in [-0.2, -0.15) is 0 Å². The van der Waals surface area contributed by atoms with E-state index < -0.39 is 28.5 Å². The molecule has 1 unspecified atom stereocenters. The first-order valence-electron chi connectivity index (χ1n) is 10.1. The molecule has 1 atom stereocenters. The van der Waals surface area contributed by atoms with Crippen molar-refractivity contribution in [2.45, 2.75) is 32.9 Å². The highest BCUT2D eigenvalue weighted by Gasteiger charge is 2.32. The number of rotatable bonds is 9. The lowest BCUT2D eigenvalue weighted by Crippen LogP contribution is -2.51. The average Bonchev–Trinajstić information content (AvgIpc) is 2.73. The number of halogens is 3. The number of carbonyl (C=O) groups is 2. The van der Waals surface area contributed by atoms with Crippen molar-refractivity contribution in [3.63, 3.8) is 0 Å². The zero-order valence-corrected chi connectivity index (χ0v) is 21.8. The number of nitrogens with zero attached hydrogens (tertiary/aromatic N) is 2. The summed E-state index contributed by atoms with van der Waals surface area (Å²) < 4.78 is 26.1. The molecule has 0 heterocycles. The molecular formula is C22H26Cl3N3O4S. The van der Waals surface area contributed by atoms with Gasteiger partial charge in [-0.25, -0.2) is 8.42 Å². The summed E-state index contributed by atoms with van der Waals surface area (Å²) in [7, 11) is -2.45. The van der Waals surface area contributed by atoms with Gasteiger partial charge in [0, 0.05) is 13.6 Å². The third-order valence-electron chi connectivity index (χ3n) is 5.01. The maximum absolute atomic E-state index is 13.5. The molecule has 11 heteroatoms. The summed E-state index contributed by atoms with van der Waals surface area (Å²) in [6.45, 7) is 3.25. The van der Waals surface area contributed by atoms with Crippen LogP contribution in [0, 0.1) is 6.92 Å². The Balaban J connectivity index is 2.50. The molecule has 7 nitrogen and oxygen atoms in total. The molecule has 0 spiro atoms. The van der Waals surface area contributed by atoms with Gasteiger partial charge in [0.15, 0.2) is 0 Å². The third-order valence-corrected chi connectivity index (χ3v) is 7.16. The molecule has 0 saturated heterocycles. The molecule has 2 aromatic carbocycles. The summed E-state index contributed by atoms with van der Waals surface area (Å²) in [5.74, 6) is -0.920. The Morgan fingerprint density at radius 1 is 1.06 bits per heavy atom. The number of sulfonamides is 1. The smallest absolute Gasteiger partial charge is 0.244 e. The standard InChI is InChI=1S/C22H26Cl3N3O4S/c1-5-19(22(30)26-3)27(12-15-8-6-7-14(2)9-15)21(29)13-28(33(4,31)32)20-11-17(24)16(23)10-18(20)25/h6-11,19H,5,12-13H2,1-4H3,(H,26,30). The van der Waals surface area contributed by atoms with E-state index >= 15 is 0 Å². The van der Waals surface area contributed by atoms with Gasteiger partial charge >= 0.3 is 0 Å². The van der Waals surface area contributed by atoms with E-state index in [1.165, 1.54) is 24.1 Å². The van der Waals surface area contributed by atoms with Crippen LogP contribution >= 0.6 is 34.8 Å². The lowest BCUT2D eigenvalue weighted by Gasteiger charge is -2.32. The van der Waals surface area contributed by atoms with E-state index in [1.54, 1.807) is 6.92 Å². The number of hydrogen-bond donors (Lipinski definition) is 1. The van der Waals surface area contributed by atoms with E-state index in [0.717, 1.165) is 21.7 Å². The number of nitrogens with one attached hydrogen (secondary N) is 1. The molecule has 0 aliphatic carbocycles. The number of hydrogen-bond acceptors (Lipinski definition) is 4. The highest BCUT2D eigenvalue weighted by Crippen LogP contribution is 2.35. The summed E-state index contributed by atoms with van der Waals surface area (Å²) in [6.07, 6.45) is 1.30. The van der Waals surface area contributed by atoms with Crippen LogP contribution in [0.5, 0.6) is 0 Å². The molecular weight excluding hydrogens is 509 g/mol. The molecule has 0 aromatic heterocycles. The first-order valence-corrected chi connectivity index (χ1v) is 13.1. The third kappa shape index (κ3) is 6.99. The highest BCUT2D eigenvalue weighted by molar-refractivity contribution is 7.92. The van der Waals surface area contributed by atoms with E-state index in [-0.39, 0.29) is 33.2 Å². The predicted molar refractivity (Wildman–Crippen MR) is 134 cm³/mol. The highest BCUT2D eigenvalue weighted by atomic mass is 35.5. The second kappa shape index (κ2) is 11.4. The average molecular weight is 535 g/mol. The zero-order chi connectivity index (χ0) is 24.9. The van der Waals surface area contributed by atoms with E-state index in [1.807, 2.05) is 31.2 Å². The lowest BCUT2D eigenvalue weighted by atomic mass is 10.1. The molecule has 33 heavy (non-hydrogen) atoms. The Kier molecular flexibility index (Phi) is 9.43. The van der Waals surface area contributed by atoms with Crippen LogP contribution in [0.4, 0.5) is 5.69 Å². The molecule has 1 N–H and O–H groups in total. The van der Waals surface area contributed by atoms with Crippen molar-refractivity contribution in [1.29, 1.82) is 0 Å². The van der Waals surface area contributed by atoms with Gasteiger partial charge in [-0.15, -0.1) is 0 Å². The van der Waals surface area contributed by atoms with Gasteiger partial charge in [-0.1, -0.05) is 71.6 Å². The fraction of sp³-hybridized carbons (Fsp3) is 0.364. The number of benzene rings is 2. The molecule has 0 aliphatic rings. The number of amides is 2. The second-order valence-electron chi connectivity index (χ2n) is 7.54. The zero-order valence-electron chi connectivity index (χ0n) is 18.7. The Hall–Kier alpha value is -2.00. The van der Waals surface area contributed by atoms with Crippen molar-refractivity contribution >= 4 is 62.3 Å². The van der Waals surface area contributed by atoms with Gasteiger partial charge in [-0.05, 0) is 31.0 Å². The maximum atomic E-state index is 13.5. The normalized spacial score (nSPS) is 12.2. The first-order chi connectivity index (χ1) is 15.4. The minimum atomic E-state index is -3.94. The van der Waals surface area contributed by atoms with Gasteiger partial charge in [0.05, 0.1) is 27.0 Å². The topological polar surface area (TPSA) is 86.8 Å². The quantitative estimate of drug-likeness (QED) is 0.487. The second-order valence-corrected chi connectivity index (χ2v) is 10.7. The van der Waals surface area contributed by atoms with Crippen LogP contribution in [0.15, 0.2) is 36.4 Å². The largest absolute Gasteiger partial charge is 0.357 e. The fourth-order valence-electron chi connectivity index (χ4n) is 3.39. The van der Waals surface area contributed by atoms with Crippen LogP contribution in [-0.2, 0) is 26.2 Å². The molecule has 180 valence electrons. The Morgan fingerprint density at radius 3 is 2.24 bits per heavy atom. The maximum Gasteiger partial charge on any atom is 0.244 e. The number of aryl methyl sites for hydroxylation is 1. The van der Waals surface area contributed by atoms with Crippen molar-refractivity contribution in [2.75, 3.05) is 24.2 Å². The predicted octanol–water partition coefficient (Wildman–Crippen LogP) is 4.27. The first kappa shape index (κ1) is 27.2. The Labute approximate surface area is 209 Å². The van der Waals surface area contributed by atoms with Gasteiger partial charge in [-0.3, -0.25) is 13.9 Å². The Bertz CT molecular complexity index is 1140. The lowest BCUT2D eigenvalue weighted by molar-refractivity contribution is -0.140. The van der Waals surface area contributed by atoms with Crippen LogP contribution < -0.4 is 9.62 Å². The molecule has 0 saturated carbocycles. The van der Waals surface area contributed by atoms with Crippen LogP contribution in [0.2, 0.25) is 15.1 Å². The van der Waals surface area contributed by atoms with Gasteiger partial charge in [0.25, 0.3) is 0 Å². The number of likely N-dealkylation sites (N-methyl/N-ethyl adjacent to an activating group) is 1. The minimum Gasteiger partial charge on any atom is -0.357 e. The van der Waals surface area contributed by atoms with Crippen molar-refractivity contribution < 1.29 is 18.0 Å². The Morgan fingerprint density at radius 2 is 1.70 bits per heavy atom. The molecule has 0 aliphatic heterocycles. The van der Waals surface area contributed by atoms with Gasteiger partial charge < -0.3 is 10.2 Å². The van der Waals surface area contributed by atoms with Crippen molar-refractivity contribution in [1.82, 2.24) is 10.2 Å². The molecule has 2 aromatic rings. The molecule has 2 amide bonds. The van der Waals surface area contributed by atoms with Crippen molar-refractivity contribution in [2.24, 2.45) is 0 Å². The number of carbonyl (C=O) groups excluding carboxylic acids is 2. The van der Waals surface area contributed by atoms with Crippen LogP contribution in [0.1, 0.15) is 24.5 Å². The molecule has 0 radical (unpaired) electrons. The minimum absolute atomic E-state index is 0.0189.